The molecule has 0 saturated carbocycles. The number of nitrogens with zero attached hydrogens (tertiary/aromatic N) is 1. The number of carbonyl (C=O) groups excluding carboxylic acids is 2. The van der Waals surface area contributed by atoms with E-state index in [1.807, 2.05) is 38.1 Å². The van der Waals surface area contributed by atoms with E-state index in [0.717, 1.165) is 10.0 Å². The normalized spacial score (nSPS) is 10.9. The van der Waals surface area contributed by atoms with Crippen molar-refractivity contribution in [2.45, 2.75) is 33.0 Å². The predicted octanol–water partition coefficient (Wildman–Crippen LogP) is 3.42. The molecule has 0 spiro atoms. The molecule has 0 aliphatic carbocycles. The lowest BCUT2D eigenvalue weighted by Crippen LogP contribution is -2.38. The highest BCUT2D eigenvalue weighted by atomic mass is 79.9. The highest BCUT2D eigenvalue weighted by Gasteiger charge is 2.13. The molecule has 32 heavy (non-hydrogen) atoms. The van der Waals surface area contributed by atoms with Crippen LogP contribution in [0.2, 0.25) is 0 Å². The van der Waals surface area contributed by atoms with Crippen molar-refractivity contribution in [1.82, 2.24) is 10.7 Å². The molecule has 2 rings (SSSR count). The van der Waals surface area contributed by atoms with E-state index in [-0.39, 0.29) is 6.10 Å². The van der Waals surface area contributed by atoms with E-state index in [2.05, 4.69) is 31.8 Å². The quantitative estimate of drug-likeness (QED) is 0.211. The molecule has 2 aromatic carbocycles. The first-order chi connectivity index (χ1) is 15.4. The van der Waals surface area contributed by atoms with Gasteiger partial charge in [-0.1, -0.05) is 34.1 Å². The van der Waals surface area contributed by atoms with Gasteiger partial charge < -0.3 is 19.5 Å². The summed E-state index contributed by atoms with van der Waals surface area (Å²) in [5, 5.41) is 6.41. The molecule has 0 fully saturated rings. The Morgan fingerprint density at radius 3 is 2.56 bits per heavy atom. The van der Waals surface area contributed by atoms with Crippen molar-refractivity contribution in [3.8, 4) is 11.5 Å². The topological polar surface area (TPSA) is 98.2 Å². The Balaban J connectivity index is 1.92. The van der Waals surface area contributed by atoms with Crippen LogP contribution in [0, 0.1) is 0 Å². The number of hydrogen-bond acceptors (Lipinski definition) is 6. The Morgan fingerprint density at radius 1 is 1.12 bits per heavy atom. The molecule has 2 amide bonds. The molecule has 2 aromatic rings. The number of methoxy groups -OCH3 is 1. The second kappa shape index (κ2) is 13.5. The zero-order valence-electron chi connectivity index (χ0n) is 18.4. The smallest absolute Gasteiger partial charge is 0.329 e. The van der Waals surface area contributed by atoms with Crippen molar-refractivity contribution in [2.75, 3.05) is 20.3 Å². The summed E-state index contributed by atoms with van der Waals surface area (Å²) in [6, 6.07) is 13.1. The van der Waals surface area contributed by atoms with Gasteiger partial charge in [0.1, 0.15) is 6.61 Å². The third-order valence-corrected chi connectivity index (χ3v) is 4.69. The predicted molar refractivity (Wildman–Crippen MR) is 126 cm³/mol. The van der Waals surface area contributed by atoms with Crippen LogP contribution in [0.3, 0.4) is 0 Å². The molecule has 2 N–H and O–H groups in total. The number of amides is 2. The van der Waals surface area contributed by atoms with Crippen LogP contribution in [0.1, 0.15) is 31.4 Å². The minimum atomic E-state index is -0.855. The van der Waals surface area contributed by atoms with Crippen LogP contribution < -0.4 is 20.2 Å². The minimum absolute atomic E-state index is 0.128. The SMILES string of the molecule is COc1cccc(/C=N\NC(=O)C(=O)NCCCOC(C)C)c1OCc1ccc(Br)cc1. The van der Waals surface area contributed by atoms with Crippen molar-refractivity contribution < 1.29 is 23.8 Å². The highest BCUT2D eigenvalue weighted by molar-refractivity contribution is 9.10. The first kappa shape index (κ1) is 25.4. The first-order valence-electron chi connectivity index (χ1n) is 10.2. The second-order valence-corrected chi connectivity index (χ2v) is 7.94. The molecule has 0 aliphatic heterocycles. The van der Waals surface area contributed by atoms with Gasteiger partial charge in [-0.3, -0.25) is 9.59 Å². The summed E-state index contributed by atoms with van der Waals surface area (Å²) in [5.41, 5.74) is 3.79. The van der Waals surface area contributed by atoms with Crippen LogP contribution in [0.15, 0.2) is 52.0 Å². The summed E-state index contributed by atoms with van der Waals surface area (Å²) >= 11 is 3.41. The standard InChI is InChI=1S/C23H28BrN3O5/c1-16(2)31-13-5-12-25-22(28)23(29)27-26-14-18-6-4-7-20(30-3)21(18)32-15-17-8-10-19(24)11-9-17/h4,6-11,14,16H,5,12-13,15H2,1-3H3,(H,25,28)(H,27,29)/b26-14-. The van der Waals surface area contributed by atoms with Crippen LogP contribution in [-0.2, 0) is 20.9 Å². The van der Waals surface area contributed by atoms with Gasteiger partial charge in [0.15, 0.2) is 11.5 Å². The minimum Gasteiger partial charge on any atom is -0.493 e. The molecule has 0 saturated heterocycles. The molecule has 0 heterocycles. The number of para-hydroxylation sites is 1. The van der Waals surface area contributed by atoms with Gasteiger partial charge in [0.25, 0.3) is 0 Å². The van der Waals surface area contributed by atoms with E-state index in [9.17, 15) is 9.59 Å². The lowest BCUT2D eigenvalue weighted by Gasteiger charge is -2.13. The van der Waals surface area contributed by atoms with Crippen molar-refractivity contribution >= 4 is 34.0 Å². The van der Waals surface area contributed by atoms with Gasteiger partial charge in [-0.25, -0.2) is 5.43 Å². The van der Waals surface area contributed by atoms with Crippen molar-refractivity contribution in [3.63, 3.8) is 0 Å². The molecule has 0 aromatic heterocycles. The number of benzene rings is 2. The van der Waals surface area contributed by atoms with E-state index in [1.165, 1.54) is 6.21 Å². The van der Waals surface area contributed by atoms with Gasteiger partial charge >= 0.3 is 11.8 Å². The van der Waals surface area contributed by atoms with E-state index in [4.69, 9.17) is 14.2 Å². The van der Waals surface area contributed by atoms with Gasteiger partial charge in [0.05, 0.1) is 19.4 Å². The van der Waals surface area contributed by atoms with Crippen molar-refractivity contribution in [2.24, 2.45) is 5.10 Å². The van der Waals surface area contributed by atoms with Crippen LogP contribution in [0.25, 0.3) is 0 Å². The van der Waals surface area contributed by atoms with Gasteiger partial charge in [0.2, 0.25) is 0 Å². The number of carbonyl (C=O) groups is 2. The molecular weight excluding hydrogens is 478 g/mol. The third kappa shape index (κ3) is 8.68. The molecular formula is C23H28BrN3O5. The highest BCUT2D eigenvalue weighted by Crippen LogP contribution is 2.31. The summed E-state index contributed by atoms with van der Waals surface area (Å²) in [4.78, 5) is 23.8. The van der Waals surface area contributed by atoms with Gasteiger partial charge in [-0.05, 0) is 50.1 Å². The van der Waals surface area contributed by atoms with Gasteiger partial charge in [0, 0.05) is 23.2 Å². The Labute approximate surface area is 196 Å². The average Bonchev–Trinajstić information content (AvgIpc) is 2.78. The largest absolute Gasteiger partial charge is 0.493 e. The molecule has 0 aliphatic rings. The number of rotatable bonds is 11. The lowest BCUT2D eigenvalue weighted by molar-refractivity contribution is -0.139. The fraction of sp³-hybridized carbons (Fsp3) is 0.348. The Kier molecular flexibility index (Phi) is 10.7. The maximum Gasteiger partial charge on any atom is 0.329 e. The van der Waals surface area contributed by atoms with Crippen LogP contribution in [-0.4, -0.2) is 44.4 Å². The van der Waals surface area contributed by atoms with Crippen LogP contribution in [0.4, 0.5) is 0 Å². The lowest BCUT2D eigenvalue weighted by atomic mass is 10.2. The Bertz CT molecular complexity index is 916. The molecule has 0 atom stereocenters. The number of halogens is 1. The van der Waals surface area contributed by atoms with E-state index in [0.29, 0.717) is 43.2 Å². The first-order valence-corrected chi connectivity index (χ1v) is 11.0. The van der Waals surface area contributed by atoms with Crippen molar-refractivity contribution in [3.05, 3.63) is 58.1 Å². The summed E-state index contributed by atoms with van der Waals surface area (Å²) in [6.07, 6.45) is 2.15. The maximum absolute atomic E-state index is 11.9. The zero-order chi connectivity index (χ0) is 23.3. The van der Waals surface area contributed by atoms with Gasteiger partial charge in [-0.2, -0.15) is 5.10 Å². The van der Waals surface area contributed by atoms with Crippen LogP contribution in [0.5, 0.6) is 11.5 Å². The van der Waals surface area contributed by atoms with E-state index < -0.39 is 11.8 Å². The summed E-state index contributed by atoms with van der Waals surface area (Å²) in [5.74, 6) is -0.612. The number of hydrogen-bond donors (Lipinski definition) is 2. The Morgan fingerprint density at radius 2 is 1.88 bits per heavy atom. The average molecular weight is 506 g/mol. The molecule has 0 unspecified atom stereocenters. The number of nitrogens with one attached hydrogen (secondary N) is 2. The summed E-state index contributed by atoms with van der Waals surface area (Å²) in [7, 11) is 1.54. The molecule has 0 radical (unpaired) electrons. The fourth-order valence-corrected chi connectivity index (χ4v) is 2.83. The summed E-state index contributed by atoms with van der Waals surface area (Å²) < 4.78 is 17.7. The van der Waals surface area contributed by atoms with E-state index in [1.54, 1.807) is 25.3 Å². The monoisotopic (exact) mass is 505 g/mol. The third-order valence-electron chi connectivity index (χ3n) is 4.16. The summed E-state index contributed by atoms with van der Waals surface area (Å²) in [6.45, 7) is 5.04. The number of ether oxygens (including phenoxy) is 3. The van der Waals surface area contributed by atoms with Crippen LogP contribution >= 0.6 is 15.9 Å². The molecule has 9 heteroatoms. The van der Waals surface area contributed by atoms with E-state index >= 15 is 0 Å². The zero-order valence-corrected chi connectivity index (χ0v) is 20.0. The van der Waals surface area contributed by atoms with Crippen molar-refractivity contribution in [1.29, 1.82) is 0 Å². The molecule has 8 nitrogen and oxygen atoms in total. The van der Waals surface area contributed by atoms with Gasteiger partial charge in [-0.15, -0.1) is 0 Å². The molecule has 0 bridgehead atoms. The fourth-order valence-electron chi connectivity index (χ4n) is 2.57. The Hall–Kier alpha value is -2.91. The number of hydrazone groups is 1. The second-order valence-electron chi connectivity index (χ2n) is 7.02. The molecule has 172 valence electrons. The maximum atomic E-state index is 11.9.